The van der Waals surface area contributed by atoms with Gasteiger partial charge in [-0.25, -0.2) is 5.84 Å². The molecule has 3 nitrogen and oxygen atoms in total. The van der Waals surface area contributed by atoms with E-state index in [-0.39, 0.29) is 5.91 Å². The Morgan fingerprint density at radius 2 is 1.95 bits per heavy atom. The fraction of sp³-hybridized carbons (Fsp3) is 0.0625. The van der Waals surface area contributed by atoms with Crippen LogP contribution in [-0.2, 0) is 0 Å². The highest BCUT2D eigenvalue weighted by atomic mass is 32.2. The third-order valence-electron chi connectivity index (χ3n) is 3.37. The molecule has 0 spiro atoms. The lowest BCUT2D eigenvalue weighted by Crippen LogP contribution is -2.29. The standard InChI is InChI=1S/C16H14N2OS2/c1-20-12-5-2-10(3-6-12)14-9-21-15-7-4-11(8-13(14)15)16(19)18-17/h2-9H,17H2,1H3,(H,18,19). The first-order chi connectivity index (χ1) is 10.2. The number of carbonyl (C=O) groups excluding carboxylic acids is 1. The smallest absolute Gasteiger partial charge is 0.265 e. The molecular formula is C16H14N2OS2. The maximum Gasteiger partial charge on any atom is 0.265 e. The second-order valence-electron chi connectivity index (χ2n) is 4.56. The van der Waals surface area contributed by atoms with Gasteiger partial charge in [0.05, 0.1) is 0 Å². The summed E-state index contributed by atoms with van der Waals surface area (Å²) >= 11 is 3.40. The molecule has 0 aliphatic carbocycles. The largest absolute Gasteiger partial charge is 0.290 e. The average molecular weight is 314 g/mol. The number of nitrogens with one attached hydrogen (secondary N) is 1. The molecule has 3 rings (SSSR count). The molecule has 0 saturated heterocycles. The molecule has 0 radical (unpaired) electrons. The Morgan fingerprint density at radius 1 is 1.19 bits per heavy atom. The molecule has 0 fully saturated rings. The maximum absolute atomic E-state index is 11.7. The number of amides is 1. The van der Waals surface area contributed by atoms with Gasteiger partial charge in [-0.3, -0.25) is 10.2 Å². The first-order valence-corrected chi connectivity index (χ1v) is 8.50. The van der Waals surface area contributed by atoms with Crippen LogP contribution in [0.2, 0.25) is 0 Å². The number of hydrogen-bond donors (Lipinski definition) is 2. The van der Waals surface area contributed by atoms with Gasteiger partial charge in [0.2, 0.25) is 0 Å². The van der Waals surface area contributed by atoms with Crippen LogP contribution in [-0.4, -0.2) is 12.2 Å². The molecule has 0 aliphatic heterocycles. The van der Waals surface area contributed by atoms with E-state index in [4.69, 9.17) is 5.84 Å². The zero-order chi connectivity index (χ0) is 14.8. The quantitative estimate of drug-likeness (QED) is 0.334. The normalized spacial score (nSPS) is 10.8. The zero-order valence-electron chi connectivity index (χ0n) is 11.4. The Labute approximate surface area is 131 Å². The first-order valence-electron chi connectivity index (χ1n) is 6.39. The van der Waals surface area contributed by atoms with Gasteiger partial charge in [0, 0.05) is 26.1 Å². The molecule has 0 saturated carbocycles. The van der Waals surface area contributed by atoms with Crippen molar-refractivity contribution in [2.24, 2.45) is 5.84 Å². The predicted octanol–water partition coefficient (Wildman–Crippen LogP) is 3.89. The molecular weight excluding hydrogens is 300 g/mol. The molecule has 3 aromatic rings. The van der Waals surface area contributed by atoms with Crippen molar-refractivity contribution in [3.63, 3.8) is 0 Å². The van der Waals surface area contributed by atoms with Crippen LogP contribution in [0.4, 0.5) is 0 Å². The van der Waals surface area contributed by atoms with Crippen molar-refractivity contribution in [1.82, 2.24) is 5.43 Å². The summed E-state index contributed by atoms with van der Waals surface area (Å²) in [6.07, 6.45) is 2.06. The Kier molecular flexibility index (Phi) is 3.96. The molecule has 0 bridgehead atoms. The number of carbonyl (C=O) groups is 1. The minimum absolute atomic E-state index is 0.271. The lowest BCUT2D eigenvalue weighted by molar-refractivity contribution is 0.0954. The Balaban J connectivity index is 2.11. The molecule has 1 amide bonds. The number of thioether (sulfide) groups is 1. The number of nitrogens with two attached hydrogens (primary N) is 1. The fourth-order valence-corrected chi connectivity index (χ4v) is 3.61. The van der Waals surface area contributed by atoms with Crippen LogP contribution in [0.15, 0.2) is 52.7 Å². The summed E-state index contributed by atoms with van der Waals surface area (Å²) in [7, 11) is 0. The molecule has 106 valence electrons. The SMILES string of the molecule is CSc1ccc(-c2csc3ccc(C(=O)NN)cc23)cc1. The van der Waals surface area contributed by atoms with Crippen LogP contribution in [0.1, 0.15) is 10.4 Å². The summed E-state index contributed by atoms with van der Waals surface area (Å²) in [5, 5.41) is 3.21. The van der Waals surface area contributed by atoms with Gasteiger partial charge in [0.15, 0.2) is 0 Å². The minimum Gasteiger partial charge on any atom is -0.290 e. The zero-order valence-corrected chi connectivity index (χ0v) is 13.1. The second-order valence-corrected chi connectivity index (χ2v) is 6.35. The van der Waals surface area contributed by atoms with Gasteiger partial charge >= 0.3 is 0 Å². The number of fused-ring (bicyclic) bond motifs is 1. The van der Waals surface area contributed by atoms with Crippen molar-refractivity contribution < 1.29 is 4.79 Å². The lowest BCUT2D eigenvalue weighted by Gasteiger charge is -2.04. The summed E-state index contributed by atoms with van der Waals surface area (Å²) in [6, 6.07) is 14.1. The van der Waals surface area contributed by atoms with Gasteiger partial charge in [0.1, 0.15) is 0 Å². The van der Waals surface area contributed by atoms with E-state index in [0.29, 0.717) is 5.56 Å². The van der Waals surface area contributed by atoms with Crippen molar-refractivity contribution in [1.29, 1.82) is 0 Å². The van der Waals surface area contributed by atoms with Crippen molar-refractivity contribution in [3.8, 4) is 11.1 Å². The minimum atomic E-state index is -0.271. The van der Waals surface area contributed by atoms with E-state index in [9.17, 15) is 4.79 Å². The molecule has 3 N–H and O–H groups in total. The van der Waals surface area contributed by atoms with Crippen LogP contribution >= 0.6 is 23.1 Å². The maximum atomic E-state index is 11.7. The molecule has 1 heterocycles. The first kappa shape index (κ1) is 14.1. The second kappa shape index (κ2) is 5.89. The van der Waals surface area contributed by atoms with Crippen molar-refractivity contribution in [3.05, 3.63) is 53.4 Å². The predicted molar refractivity (Wildman–Crippen MR) is 90.7 cm³/mol. The van der Waals surface area contributed by atoms with Gasteiger partial charge in [-0.1, -0.05) is 12.1 Å². The molecule has 2 aromatic carbocycles. The molecule has 21 heavy (non-hydrogen) atoms. The molecule has 5 heteroatoms. The van der Waals surface area contributed by atoms with E-state index in [1.54, 1.807) is 29.2 Å². The van der Waals surface area contributed by atoms with Gasteiger partial charge in [-0.2, -0.15) is 0 Å². The Hall–Kier alpha value is -1.82. The monoisotopic (exact) mass is 314 g/mol. The summed E-state index contributed by atoms with van der Waals surface area (Å²) in [5.74, 6) is 4.93. The molecule has 0 atom stereocenters. The lowest BCUT2D eigenvalue weighted by atomic mass is 10.0. The Morgan fingerprint density at radius 3 is 2.62 bits per heavy atom. The van der Waals surface area contributed by atoms with Crippen LogP contribution < -0.4 is 11.3 Å². The van der Waals surface area contributed by atoms with Crippen LogP contribution in [0.5, 0.6) is 0 Å². The van der Waals surface area contributed by atoms with Crippen LogP contribution in [0.25, 0.3) is 21.2 Å². The molecule has 0 unspecified atom stereocenters. The number of thiophene rings is 1. The highest BCUT2D eigenvalue weighted by Crippen LogP contribution is 2.35. The highest BCUT2D eigenvalue weighted by Gasteiger charge is 2.10. The summed E-state index contributed by atoms with van der Waals surface area (Å²) in [5.41, 5.74) is 5.05. The van der Waals surface area contributed by atoms with Crippen molar-refractivity contribution in [2.45, 2.75) is 4.90 Å². The fourth-order valence-electron chi connectivity index (χ4n) is 2.25. The number of hydrogen-bond acceptors (Lipinski definition) is 4. The number of benzene rings is 2. The van der Waals surface area contributed by atoms with E-state index in [0.717, 1.165) is 21.2 Å². The van der Waals surface area contributed by atoms with Gasteiger partial charge in [-0.05, 0) is 47.5 Å². The van der Waals surface area contributed by atoms with Crippen molar-refractivity contribution >= 4 is 39.1 Å². The number of rotatable bonds is 3. The van der Waals surface area contributed by atoms with Gasteiger partial charge < -0.3 is 0 Å². The summed E-state index contributed by atoms with van der Waals surface area (Å²) in [6.45, 7) is 0. The average Bonchev–Trinajstić information content (AvgIpc) is 2.97. The van der Waals surface area contributed by atoms with Crippen LogP contribution in [0.3, 0.4) is 0 Å². The summed E-state index contributed by atoms with van der Waals surface area (Å²) < 4.78 is 1.16. The molecule has 0 aliphatic rings. The van der Waals surface area contributed by atoms with Crippen molar-refractivity contribution in [2.75, 3.05) is 6.26 Å². The van der Waals surface area contributed by atoms with Gasteiger partial charge in [-0.15, -0.1) is 23.1 Å². The number of nitrogen functional groups attached to an aromatic ring is 1. The Bertz CT molecular complexity index is 794. The van der Waals surface area contributed by atoms with E-state index >= 15 is 0 Å². The third-order valence-corrected chi connectivity index (χ3v) is 5.07. The summed E-state index contributed by atoms with van der Waals surface area (Å²) in [4.78, 5) is 12.9. The third kappa shape index (κ3) is 2.68. The topological polar surface area (TPSA) is 55.1 Å². The van der Waals surface area contributed by atoms with E-state index in [2.05, 4.69) is 41.3 Å². The molecule has 1 aromatic heterocycles. The van der Waals surface area contributed by atoms with E-state index in [1.165, 1.54) is 4.90 Å². The van der Waals surface area contributed by atoms with Gasteiger partial charge in [0.25, 0.3) is 5.91 Å². The van der Waals surface area contributed by atoms with E-state index in [1.807, 2.05) is 12.1 Å². The number of hydrazine groups is 1. The van der Waals surface area contributed by atoms with E-state index < -0.39 is 0 Å². The highest BCUT2D eigenvalue weighted by molar-refractivity contribution is 7.98. The van der Waals surface area contributed by atoms with Crippen LogP contribution in [0, 0.1) is 0 Å².